The Hall–Kier alpha value is -2.80. The molecule has 0 spiro atoms. The molecule has 0 saturated carbocycles. The highest BCUT2D eigenvalue weighted by molar-refractivity contribution is 5.93. The first-order valence-corrected chi connectivity index (χ1v) is 11.4. The van der Waals surface area contributed by atoms with Crippen molar-refractivity contribution in [2.24, 2.45) is 0 Å². The first-order chi connectivity index (χ1) is 15.5. The van der Waals surface area contributed by atoms with Crippen LogP contribution in [0.3, 0.4) is 0 Å². The summed E-state index contributed by atoms with van der Waals surface area (Å²) < 4.78 is 34.4. The molecule has 5 nitrogen and oxygen atoms in total. The van der Waals surface area contributed by atoms with Crippen molar-refractivity contribution in [3.05, 3.63) is 59.3 Å². The molecule has 0 amide bonds. The minimum atomic E-state index is -2.73. The van der Waals surface area contributed by atoms with Crippen molar-refractivity contribution in [3.63, 3.8) is 0 Å². The number of alkyl halides is 2. The smallest absolute Gasteiger partial charge is 0.273 e. The van der Waals surface area contributed by atoms with Crippen molar-refractivity contribution in [1.29, 1.82) is 0 Å². The third kappa shape index (κ3) is 3.22. The summed E-state index contributed by atoms with van der Waals surface area (Å²) in [6.07, 6.45) is 4.61. The number of fused-ring (bicyclic) bond motifs is 5. The molecule has 3 aliphatic heterocycles. The lowest BCUT2D eigenvalue weighted by Crippen LogP contribution is -2.54. The maximum atomic E-state index is 14.2. The first kappa shape index (κ1) is 19.9. The maximum absolute atomic E-state index is 14.2. The number of hydrogen-bond donors (Lipinski definition) is 1. The Morgan fingerprint density at radius 3 is 2.91 bits per heavy atom. The second kappa shape index (κ2) is 7.37. The summed E-state index contributed by atoms with van der Waals surface area (Å²) in [5.41, 5.74) is 4.71. The fraction of sp³-hybridized carbons (Fsp3) is 0.440. The van der Waals surface area contributed by atoms with Gasteiger partial charge in [0.25, 0.3) is 5.92 Å². The number of anilines is 2. The molecule has 3 aromatic rings. The van der Waals surface area contributed by atoms with Gasteiger partial charge in [-0.15, -0.1) is 0 Å². The summed E-state index contributed by atoms with van der Waals surface area (Å²) in [6.45, 7) is 3.71. The van der Waals surface area contributed by atoms with Gasteiger partial charge in [-0.3, -0.25) is 0 Å². The van der Waals surface area contributed by atoms with E-state index in [-0.39, 0.29) is 18.0 Å². The van der Waals surface area contributed by atoms with Gasteiger partial charge >= 0.3 is 0 Å². The molecule has 3 saturated heterocycles. The van der Waals surface area contributed by atoms with E-state index in [9.17, 15) is 8.78 Å². The molecule has 1 aliphatic carbocycles. The molecule has 7 rings (SSSR count). The SMILES string of the molecule is C[C@@H](Nc1cnnc2ccc(N3CC4CCC3CO4)cc12)c1cccc2c1CCC2(F)F. The van der Waals surface area contributed by atoms with Crippen LogP contribution in [0.2, 0.25) is 0 Å². The van der Waals surface area contributed by atoms with Crippen molar-refractivity contribution < 1.29 is 13.5 Å². The van der Waals surface area contributed by atoms with E-state index in [1.807, 2.05) is 19.1 Å². The van der Waals surface area contributed by atoms with Crippen LogP contribution in [0.1, 0.15) is 48.9 Å². The molecule has 32 heavy (non-hydrogen) atoms. The average molecular weight is 437 g/mol. The number of ether oxygens (including phenoxy) is 1. The standard InChI is InChI=1S/C25H26F2N4O/c1-15(19-3-2-4-22-20(19)9-10-25(22,26)27)29-24-12-28-30-23-8-6-16(11-21(23)24)31-13-18-7-5-17(31)14-32-18/h2-4,6,8,11-12,15,17-18H,5,7,9-10,13-14H2,1H3,(H,29,30)/t15-,17?,18?/m1/s1. The summed E-state index contributed by atoms with van der Waals surface area (Å²) in [5.74, 6) is -2.73. The summed E-state index contributed by atoms with van der Waals surface area (Å²) in [7, 11) is 0. The lowest BCUT2D eigenvalue weighted by atomic mass is 9.96. The Kier molecular flexibility index (Phi) is 4.57. The maximum Gasteiger partial charge on any atom is 0.273 e. The Labute approximate surface area is 185 Å². The number of rotatable bonds is 4. The van der Waals surface area contributed by atoms with Crippen LogP contribution in [-0.2, 0) is 17.1 Å². The third-order valence-corrected chi connectivity index (χ3v) is 7.28. The predicted octanol–water partition coefficient (Wildman–Crippen LogP) is 5.21. The number of hydrogen-bond acceptors (Lipinski definition) is 5. The van der Waals surface area contributed by atoms with Crippen LogP contribution in [0.15, 0.2) is 42.6 Å². The Bertz CT molecular complexity index is 1180. The summed E-state index contributed by atoms with van der Waals surface area (Å²) in [6, 6.07) is 11.8. The van der Waals surface area contributed by atoms with E-state index < -0.39 is 5.92 Å². The molecule has 3 atom stereocenters. The molecular weight excluding hydrogens is 410 g/mol. The van der Waals surface area contributed by atoms with Crippen LogP contribution < -0.4 is 10.2 Å². The van der Waals surface area contributed by atoms with Gasteiger partial charge in [-0.05, 0) is 55.5 Å². The fourth-order valence-corrected chi connectivity index (χ4v) is 5.57. The van der Waals surface area contributed by atoms with Crippen LogP contribution in [0, 0.1) is 0 Å². The molecule has 4 aliphatic rings. The van der Waals surface area contributed by atoms with E-state index in [4.69, 9.17) is 4.74 Å². The van der Waals surface area contributed by atoms with E-state index in [2.05, 4.69) is 32.5 Å². The second-order valence-electron chi connectivity index (χ2n) is 9.24. The van der Waals surface area contributed by atoms with Crippen molar-refractivity contribution in [3.8, 4) is 0 Å². The zero-order chi connectivity index (χ0) is 21.9. The van der Waals surface area contributed by atoms with Gasteiger partial charge in [0, 0.05) is 35.6 Å². The quantitative estimate of drug-likeness (QED) is 0.609. The highest BCUT2D eigenvalue weighted by atomic mass is 19.3. The highest BCUT2D eigenvalue weighted by Crippen LogP contribution is 2.44. The van der Waals surface area contributed by atoms with E-state index in [1.54, 1.807) is 18.3 Å². The van der Waals surface area contributed by atoms with Crippen LogP contribution in [-0.4, -0.2) is 35.5 Å². The van der Waals surface area contributed by atoms with Gasteiger partial charge in [0.05, 0.1) is 36.2 Å². The number of nitrogens with zero attached hydrogens (tertiary/aromatic N) is 3. The molecule has 1 aromatic heterocycles. The van der Waals surface area contributed by atoms with Gasteiger partial charge in [0.1, 0.15) is 0 Å². The number of nitrogens with one attached hydrogen (secondary N) is 1. The molecule has 166 valence electrons. The Balaban J connectivity index is 1.33. The van der Waals surface area contributed by atoms with E-state index in [0.29, 0.717) is 18.6 Å². The largest absolute Gasteiger partial charge is 0.377 e. The Morgan fingerprint density at radius 1 is 1.22 bits per heavy atom. The van der Waals surface area contributed by atoms with Gasteiger partial charge in [0.2, 0.25) is 0 Å². The molecular formula is C25H26F2N4O. The van der Waals surface area contributed by atoms with E-state index >= 15 is 0 Å². The number of aromatic nitrogens is 2. The molecule has 1 N–H and O–H groups in total. The number of morpholine rings is 1. The molecule has 3 fully saturated rings. The summed E-state index contributed by atoms with van der Waals surface area (Å²) in [5, 5.41) is 13.0. The minimum absolute atomic E-state index is 0.114. The lowest BCUT2D eigenvalue weighted by molar-refractivity contribution is -0.0225. The van der Waals surface area contributed by atoms with Crippen LogP contribution in [0.25, 0.3) is 10.9 Å². The minimum Gasteiger partial charge on any atom is -0.377 e. The molecule has 2 aromatic carbocycles. The van der Waals surface area contributed by atoms with Gasteiger partial charge < -0.3 is 15.0 Å². The fourth-order valence-electron chi connectivity index (χ4n) is 5.57. The van der Waals surface area contributed by atoms with Gasteiger partial charge in [-0.1, -0.05) is 18.2 Å². The number of piperidine rings is 1. The van der Waals surface area contributed by atoms with Crippen LogP contribution in [0.4, 0.5) is 20.2 Å². The molecule has 7 heteroatoms. The summed E-state index contributed by atoms with van der Waals surface area (Å²) >= 11 is 0. The predicted molar refractivity (Wildman–Crippen MR) is 120 cm³/mol. The zero-order valence-corrected chi connectivity index (χ0v) is 18.0. The average Bonchev–Trinajstić information content (AvgIpc) is 3.14. The molecule has 2 bridgehead atoms. The topological polar surface area (TPSA) is 50.3 Å². The van der Waals surface area contributed by atoms with Crippen LogP contribution >= 0.6 is 0 Å². The van der Waals surface area contributed by atoms with Crippen molar-refractivity contribution in [1.82, 2.24) is 10.2 Å². The monoisotopic (exact) mass is 436 g/mol. The first-order valence-electron chi connectivity index (χ1n) is 11.4. The molecule has 0 radical (unpaired) electrons. The number of halogens is 2. The van der Waals surface area contributed by atoms with Crippen molar-refractivity contribution in [2.75, 3.05) is 23.4 Å². The number of benzene rings is 2. The van der Waals surface area contributed by atoms with Gasteiger partial charge in [0.15, 0.2) is 0 Å². The molecule has 4 heterocycles. The normalized spacial score (nSPS) is 24.5. The highest BCUT2D eigenvalue weighted by Gasteiger charge is 2.40. The van der Waals surface area contributed by atoms with Gasteiger partial charge in [-0.2, -0.15) is 10.2 Å². The zero-order valence-electron chi connectivity index (χ0n) is 18.0. The summed E-state index contributed by atoms with van der Waals surface area (Å²) in [4.78, 5) is 2.44. The lowest BCUT2D eigenvalue weighted by Gasteiger charge is -2.46. The second-order valence-corrected chi connectivity index (χ2v) is 9.24. The van der Waals surface area contributed by atoms with Gasteiger partial charge in [-0.25, -0.2) is 8.78 Å². The molecule has 2 unspecified atom stereocenters. The van der Waals surface area contributed by atoms with E-state index in [0.717, 1.165) is 53.7 Å². The third-order valence-electron chi connectivity index (χ3n) is 7.28. The van der Waals surface area contributed by atoms with E-state index in [1.165, 1.54) is 5.69 Å². The van der Waals surface area contributed by atoms with Crippen LogP contribution in [0.5, 0.6) is 0 Å². The Morgan fingerprint density at radius 2 is 2.12 bits per heavy atom. The van der Waals surface area contributed by atoms with Crippen molar-refractivity contribution in [2.45, 2.75) is 56.7 Å². The van der Waals surface area contributed by atoms with Crippen molar-refractivity contribution >= 4 is 22.3 Å².